The molecular weight excluding hydrogens is 372 g/mol. The van der Waals surface area contributed by atoms with Crippen molar-refractivity contribution in [1.82, 2.24) is 15.1 Å². The Labute approximate surface area is 179 Å². The van der Waals surface area contributed by atoms with Gasteiger partial charge in [-0.1, -0.05) is 61.5 Å². The molecule has 0 spiro atoms. The standard InChI is InChI=1S/C25H30N4O/c1-3-21-9-11-23(12-10-21)20(2)27-18-24(17-26)25(30)29-15-13-28(14-16-29)19-22-7-5-4-6-8-22/h4-12,18,20,27H,3,13-16,19H2,1-2H3/b24-18-. The van der Waals surface area contributed by atoms with Crippen LogP contribution in [0.5, 0.6) is 0 Å². The number of nitriles is 1. The molecule has 1 amide bonds. The molecule has 1 aliphatic heterocycles. The summed E-state index contributed by atoms with van der Waals surface area (Å²) in [5.74, 6) is -0.196. The van der Waals surface area contributed by atoms with Crippen LogP contribution < -0.4 is 5.32 Å². The first-order valence-corrected chi connectivity index (χ1v) is 10.6. The third-order valence-electron chi connectivity index (χ3n) is 5.63. The van der Waals surface area contributed by atoms with Crippen LogP contribution in [0.3, 0.4) is 0 Å². The Morgan fingerprint density at radius 2 is 1.73 bits per heavy atom. The molecule has 5 nitrogen and oxygen atoms in total. The Morgan fingerprint density at radius 1 is 1.07 bits per heavy atom. The van der Waals surface area contributed by atoms with E-state index in [9.17, 15) is 10.1 Å². The van der Waals surface area contributed by atoms with Crippen molar-refractivity contribution in [2.24, 2.45) is 0 Å². The van der Waals surface area contributed by atoms with Gasteiger partial charge in [0.2, 0.25) is 0 Å². The van der Waals surface area contributed by atoms with Crippen LogP contribution in [0.1, 0.15) is 36.6 Å². The summed E-state index contributed by atoms with van der Waals surface area (Å²) in [4.78, 5) is 16.9. The molecule has 5 heteroatoms. The zero-order valence-corrected chi connectivity index (χ0v) is 17.8. The van der Waals surface area contributed by atoms with Crippen molar-refractivity contribution in [2.45, 2.75) is 32.9 Å². The first-order valence-electron chi connectivity index (χ1n) is 10.6. The minimum atomic E-state index is -0.196. The largest absolute Gasteiger partial charge is 0.383 e. The van der Waals surface area contributed by atoms with Crippen molar-refractivity contribution in [1.29, 1.82) is 5.26 Å². The zero-order chi connectivity index (χ0) is 21.3. The van der Waals surface area contributed by atoms with Gasteiger partial charge in [-0.15, -0.1) is 0 Å². The third kappa shape index (κ3) is 5.71. The molecule has 0 saturated carbocycles. The minimum Gasteiger partial charge on any atom is -0.383 e. The molecule has 1 N–H and O–H groups in total. The summed E-state index contributed by atoms with van der Waals surface area (Å²) in [7, 11) is 0. The maximum absolute atomic E-state index is 12.8. The van der Waals surface area contributed by atoms with Crippen LogP contribution in [-0.4, -0.2) is 41.9 Å². The summed E-state index contributed by atoms with van der Waals surface area (Å²) in [6.07, 6.45) is 2.57. The molecule has 30 heavy (non-hydrogen) atoms. The molecule has 1 heterocycles. The number of carbonyl (C=O) groups excluding carboxylic acids is 1. The van der Waals surface area contributed by atoms with Gasteiger partial charge in [0.1, 0.15) is 11.6 Å². The topological polar surface area (TPSA) is 59.4 Å². The van der Waals surface area contributed by atoms with Gasteiger partial charge in [0.05, 0.1) is 0 Å². The number of aryl methyl sites for hydroxylation is 1. The second-order valence-corrected chi connectivity index (χ2v) is 7.71. The molecule has 2 aromatic rings. The van der Waals surface area contributed by atoms with Crippen LogP contribution in [0.4, 0.5) is 0 Å². The van der Waals surface area contributed by atoms with Crippen LogP contribution in [0.15, 0.2) is 66.4 Å². The molecule has 156 valence electrons. The van der Waals surface area contributed by atoms with Crippen molar-refractivity contribution in [2.75, 3.05) is 26.2 Å². The highest BCUT2D eigenvalue weighted by atomic mass is 16.2. The van der Waals surface area contributed by atoms with Crippen LogP contribution in [-0.2, 0) is 17.8 Å². The number of nitrogens with one attached hydrogen (secondary N) is 1. The van der Waals surface area contributed by atoms with Gasteiger partial charge in [-0.2, -0.15) is 5.26 Å². The Morgan fingerprint density at radius 3 is 2.33 bits per heavy atom. The van der Waals surface area contributed by atoms with Crippen molar-refractivity contribution in [3.8, 4) is 6.07 Å². The normalized spacial score (nSPS) is 16.0. The molecule has 1 atom stereocenters. The summed E-state index contributed by atoms with van der Waals surface area (Å²) < 4.78 is 0. The quantitative estimate of drug-likeness (QED) is 0.567. The summed E-state index contributed by atoms with van der Waals surface area (Å²) in [6, 6.07) is 20.9. The van der Waals surface area contributed by atoms with E-state index < -0.39 is 0 Å². The van der Waals surface area contributed by atoms with Gasteiger partial charge in [-0.25, -0.2) is 0 Å². The molecule has 0 aliphatic carbocycles. The highest BCUT2D eigenvalue weighted by Gasteiger charge is 2.23. The third-order valence-corrected chi connectivity index (χ3v) is 5.63. The van der Waals surface area contributed by atoms with Crippen molar-refractivity contribution >= 4 is 5.91 Å². The fourth-order valence-corrected chi connectivity index (χ4v) is 3.61. The van der Waals surface area contributed by atoms with Gasteiger partial charge >= 0.3 is 0 Å². The molecule has 1 aliphatic rings. The maximum Gasteiger partial charge on any atom is 0.266 e. The van der Waals surface area contributed by atoms with Crippen molar-refractivity contribution < 1.29 is 4.79 Å². The fourth-order valence-electron chi connectivity index (χ4n) is 3.61. The van der Waals surface area contributed by atoms with Gasteiger partial charge in [-0.05, 0) is 30.0 Å². The molecular formula is C25H30N4O. The average molecular weight is 403 g/mol. The first-order chi connectivity index (χ1) is 14.6. The van der Waals surface area contributed by atoms with Crippen molar-refractivity contribution in [3.63, 3.8) is 0 Å². The molecule has 1 unspecified atom stereocenters. The number of carbonyl (C=O) groups is 1. The number of hydrogen-bond donors (Lipinski definition) is 1. The molecule has 1 saturated heterocycles. The SMILES string of the molecule is CCc1ccc(C(C)N/C=C(/C#N)C(=O)N2CCN(Cc3ccccc3)CC2)cc1. The lowest BCUT2D eigenvalue weighted by atomic mass is 10.1. The van der Waals surface area contributed by atoms with E-state index in [1.165, 1.54) is 11.1 Å². The van der Waals surface area contributed by atoms with Gasteiger partial charge in [0.15, 0.2) is 0 Å². The van der Waals surface area contributed by atoms with Crippen LogP contribution in [0.25, 0.3) is 0 Å². The van der Waals surface area contributed by atoms with E-state index in [1.807, 2.05) is 25.1 Å². The Hall–Kier alpha value is -3.10. The summed E-state index contributed by atoms with van der Waals surface area (Å²) in [5, 5.41) is 12.7. The lowest BCUT2D eigenvalue weighted by molar-refractivity contribution is -0.128. The summed E-state index contributed by atoms with van der Waals surface area (Å²) >= 11 is 0. The molecule has 0 bridgehead atoms. The molecule has 1 fully saturated rings. The number of nitrogens with zero attached hydrogens (tertiary/aromatic N) is 3. The minimum absolute atomic E-state index is 0.0229. The van der Waals surface area contributed by atoms with Crippen LogP contribution in [0.2, 0.25) is 0 Å². The molecule has 2 aromatic carbocycles. The Bertz CT molecular complexity index is 891. The van der Waals surface area contributed by atoms with E-state index in [2.05, 4.69) is 59.6 Å². The number of hydrogen-bond acceptors (Lipinski definition) is 4. The molecule has 0 aromatic heterocycles. The lowest BCUT2D eigenvalue weighted by Gasteiger charge is -2.34. The Kier molecular flexibility index (Phi) is 7.64. The number of rotatable bonds is 7. The summed E-state index contributed by atoms with van der Waals surface area (Å²) in [5.41, 5.74) is 3.85. The summed E-state index contributed by atoms with van der Waals surface area (Å²) in [6.45, 7) is 7.95. The van der Waals surface area contributed by atoms with E-state index in [4.69, 9.17) is 0 Å². The number of benzene rings is 2. The zero-order valence-electron chi connectivity index (χ0n) is 17.8. The van der Waals surface area contributed by atoms with E-state index in [1.54, 1.807) is 11.1 Å². The second kappa shape index (κ2) is 10.6. The first kappa shape index (κ1) is 21.6. The highest BCUT2D eigenvalue weighted by molar-refractivity contribution is 5.97. The van der Waals surface area contributed by atoms with Gasteiger partial charge < -0.3 is 10.2 Å². The number of piperazine rings is 1. The average Bonchev–Trinajstić information content (AvgIpc) is 2.80. The van der Waals surface area contributed by atoms with Crippen LogP contribution >= 0.6 is 0 Å². The monoisotopic (exact) mass is 402 g/mol. The van der Waals surface area contributed by atoms with E-state index in [-0.39, 0.29) is 17.5 Å². The maximum atomic E-state index is 12.8. The van der Waals surface area contributed by atoms with Crippen LogP contribution in [0, 0.1) is 11.3 Å². The second-order valence-electron chi connectivity index (χ2n) is 7.71. The van der Waals surface area contributed by atoms with Gasteiger partial charge in [0.25, 0.3) is 5.91 Å². The van der Waals surface area contributed by atoms with E-state index in [0.717, 1.165) is 31.6 Å². The van der Waals surface area contributed by atoms with Crippen molar-refractivity contribution in [3.05, 3.63) is 83.1 Å². The molecule has 0 radical (unpaired) electrons. The molecule has 3 rings (SSSR count). The smallest absolute Gasteiger partial charge is 0.266 e. The fraction of sp³-hybridized carbons (Fsp3) is 0.360. The Balaban J connectivity index is 1.53. The van der Waals surface area contributed by atoms with E-state index >= 15 is 0 Å². The predicted molar refractivity (Wildman–Crippen MR) is 119 cm³/mol. The highest BCUT2D eigenvalue weighted by Crippen LogP contribution is 2.15. The lowest BCUT2D eigenvalue weighted by Crippen LogP contribution is -2.48. The van der Waals surface area contributed by atoms with Gasteiger partial charge in [0, 0.05) is 45.0 Å². The number of amides is 1. The van der Waals surface area contributed by atoms with E-state index in [0.29, 0.717) is 13.1 Å². The van der Waals surface area contributed by atoms with Gasteiger partial charge in [-0.3, -0.25) is 9.69 Å². The predicted octanol–water partition coefficient (Wildman–Crippen LogP) is 3.65.